The zero-order valence-electron chi connectivity index (χ0n) is 12.5. The van der Waals surface area contributed by atoms with Crippen LogP contribution in [0.3, 0.4) is 0 Å². The number of carbonyl (C=O) groups is 2. The van der Waals surface area contributed by atoms with Gasteiger partial charge in [0.2, 0.25) is 5.91 Å². The second kappa shape index (κ2) is 6.91. The van der Waals surface area contributed by atoms with E-state index in [2.05, 4.69) is 26.2 Å². The van der Waals surface area contributed by atoms with Gasteiger partial charge >= 0.3 is 0 Å². The number of amides is 2. The molecular formula is C17H16BrN3O2. The summed E-state index contributed by atoms with van der Waals surface area (Å²) in [4.78, 5) is 30.2. The van der Waals surface area contributed by atoms with Gasteiger partial charge in [0.1, 0.15) is 0 Å². The second-order valence-electron chi connectivity index (χ2n) is 5.35. The minimum Gasteiger partial charge on any atom is -0.343 e. The van der Waals surface area contributed by atoms with Crippen LogP contribution in [-0.2, 0) is 11.2 Å². The Kier molecular flexibility index (Phi) is 4.71. The van der Waals surface area contributed by atoms with E-state index in [-0.39, 0.29) is 18.4 Å². The van der Waals surface area contributed by atoms with Gasteiger partial charge in [-0.25, -0.2) is 0 Å². The highest BCUT2D eigenvalue weighted by atomic mass is 79.9. The first-order valence-corrected chi connectivity index (χ1v) is 8.21. The molecule has 2 amide bonds. The smallest absolute Gasteiger partial charge is 0.253 e. The minimum atomic E-state index is -0.308. The summed E-state index contributed by atoms with van der Waals surface area (Å²) in [6.07, 6.45) is 5.00. The van der Waals surface area contributed by atoms with Crippen LogP contribution in [-0.4, -0.2) is 29.9 Å². The maximum absolute atomic E-state index is 12.4. The predicted molar refractivity (Wildman–Crippen MR) is 91.4 cm³/mol. The number of nitrogens with one attached hydrogen (secondary N) is 1. The highest BCUT2D eigenvalue weighted by Crippen LogP contribution is 2.26. The van der Waals surface area contributed by atoms with Gasteiger partial charge in [-0.05, 0) is 46.5 Å². The molecule has 2 heterocycles. The number of aryl methyl sites for hydroxylation is 1. The molecule has 1 aliphatic rings. The summed E-state index contributed by atoms with van der Waals surface area (Å²) >= 11 is 3.27. The maximum atomic E-state index is 12.4. The number of para-hydroxylation sites is 1. The number of pyridine rings is 1. The zero-order valence-corrected chi connectivity index (χ0v) is 14.0. The summed E-state index contributed by atoms with van der Waals surface area (Å²) in [6.45, 7) is 0.657. The Hall–Kier alpha value is -2.21. The Morgan fingerprint density at radius 2 is 2.09 bits per heavy atom. The average molecular weight is 374 g/mol. The lowest BCUT2D eigenvalue weighted by Crippen LogP contribution is -2.42. The van der Waals surface area contributed by atoms with E-state index in [0.29, 0.717) is 12.1 Å². The molecule has 1 aromatic heterocycles. The summed E-state index contributed by atoms with van der Waals surface area (Å²) in [5.74, 6) is -0.411. The Labute approximate surface area is 142 Å². The SMILES string of the molecule is O=C(NCC(=O)N1CCCc2ccccc21)c1cncc(Br)c1. The van der Waals surface area contributed by atoms with Crippen molar-refractivity contribution in [2.45, 2.75) is 12.8 Å². The summed E-state index contributed by atoms with van der Waals surface area (Å²) in [7, 11) is 0. The van der Waals surface area contributed by atoms with Gasteiger partial charge in [0, 0.05) is 29.1 Å². The van der Waals surface area contributed by atoms with Crippen molar-refractivity contribution < 1.29 is 9.59 Å². The minimum absolute atomic E-state index is 0.0281. The van der Waals surface area contributed by atoms with Gasteiger partial charge in [-0.2, -0.15) is 0 Å². The standard InChI is InChI=1S/C17H16BrN3O2/c18-14-8-13(9-19-10-14)17(23)20-11-16(22)21-7-3-5-12-4-1-2-6-15(12)21/h1-2,4,6,8-10H,3,5,7,11H2,(H,20,23). The molecule has 0 bridgehead atoms. The van der Waals surface area contributed by atoms with E-state index in [0.717, 1.165) is 23.0 Å². The molecule has 0 fully saturated rings. The van der Waals surface area contributed by atoms with Gasteiger partial charge in [-0.3, -0.25) is 14.6 Å². The van der Waals surface area contributed by atoms with E-state index in [9.17, 15) is 9.59 Å². The summed E-state index contributed by atoms with van der Waals surface area (Å²) in [5.41, 5.74) is 2.54. The molecule has 23 heavy (non-hydrogen) atoms. The Balaban J connectivity index is 1.65. The highest BCUT2D eigenvalue weighted by molar-refractivity contribution is 9.10. The normalized spacial score (nSPS) is 13.3. The number of hydrogen-bond acceptors (Lipinski definition) is 3. The molecule has 1 aliphatic heterocycles. The van der Waals surface area contributed by atoms with Gasteiger partial charge in [-0.15, -0.1) is 0 Å². The molecule has 0 spiro atoms. The van der Waals surface area contributed by atoms with Crippen LogP contribution in [0.1, 0.15) is 22.3 Å². The number of nitrogens with zero attached hydrogens (tertiary/aromatic N) is 2. The molecule has 0 radical (unpaired) electrons. The van der Waals surface area contributed by atoms with Gasteiger partial charge in [0.15, 0.2) is 0 Å². The van der Waals surface area contributed by atoms with Crippen LogP contribution in [0.2, 0.25) is 0 Å². The number of rotatable bonds is 3. The van der Waals surface area contributed by atoms with Crippen molar-refractivity contribution >= 4 is 33.4 Å². The van der Waals surface area contributed by atoms with E-state index < -0.39 is 0 Å². The number of hydrogen-bond donors (Lipinski definition) is 1. The van der Waals surface area contributed by atoms with Crippen LogP contribution in [0.15, 0.2) is 47.2 Å². The summed E-state index contributed by atoms with van der Waals surface area (Å²) in [5, 5.41) is 2.66. The molecule has 118 valence electrons. The topological polar surface area (TPSA) is 62.3 Å². The monoisotopic (exact) mass is 373 g/mol. The fourth-order valence-corrected chi connectivity index (χ4v) is 3.05. The Morgan fingerprint density at radius 3 is 2.91 bits per heavy atom. The molecule has 6 heteroatoms. The van der Waals surface area contributed by atoms with Crippen molar-refractivity contribution in [2.75, 3.05) is 18.0 Å². The van der Waals surface area contributed by atoms with Crippen LogP contribution in [0, 0.1) is 0 Å². The lowest BCUT2D eigenvalue weighted by Gasteiger charge is -2.29. The van der Waals surface area contributed by atoms with Gasteiger partial charge < -0.3 is 10.2 Å². The number of fused-ring (bicyclic) bond motifs is 1. The predicted octanol–water partition coefficient (Wildman–Crippen LogP) is 2.55. The molecule has 3 rings (SSSR count). The fourth-order valence-electron chi connectivity index (χ4n) is 2.68. The molecule has 1 aromatic carbocycles. The molecule has 0 saturated carbocycles. The van der Waals surface area contributed by atoms with E-state index >= 15 is 0 Å². The lowest BCUT2D eigenvalue weighted by molar-refractivity contribution is -0.117. The van der Waals surface area contributed by atoms with Crippen molar-refractivity contribution in [3.05, 3.63) is 58.3 Å². The number of aromatic nitrogens is 1. The largest absolute Gasteiger partial charge is 0.343 e. The molecule has 0 unspecified atom stereocenters. The van der Waals surface area contributed by atoms with E-state index in [1.807, 2.05) is 24.3 Å². The molecule has 5 nitrogen and oxygen atoms in total. The van der Waals surface area contributed by atoms with E-state index in [1.54, 1.807) is 17.2 Å². The highest BCUT2D eigenvalue weighted by Gasteiger charge is 2.22. The van der Waals surface area contributed by atoms with Crippen LogP contribution in [0.4, 0.5) is 5.69 Å². The summed E-state index contributed by atoms with van der Waals surface area (Å²) < 4.78 is 0.724. The molecular weight excluding hydrogens is 358 g/mol. The van der Waals surface area contributed by atoms with Crippen LogP contribution in [0.5, 0.6) is 0 Å². The quantitative estimate of drug-likeness (QED) is 0.898. The first-order valence-electron chi connectivity index (χ1n) is 7.42. The maximum Gasteiger partial charge on any atom is 0.253 e. The van der Waals surface area contributed by atoms with Gasteiger partial charge in [0.25, 0.3) is 5.91 Å². The van der Waals surface area contributed by atoms with Gasteiger partial charge in [0.05, 0.1) is 12.1 Å². The third-order valence-electron chi connectivity index (χ3n) is 3.78. The van der Waals surface area contributed by atoms with Crippen molar-refractivity contribution in [1.82, 2.24) is 10.3 Å². The number of benzene rings is 1. The summed E-state index contributed by atoms with van der Waals surface area (Å²) in [6, 6.07) is 9.57. The first kappa shape index (κ1) is 15.7. The number of halogens is 1. The molecule has 0 atom stereocenters. The van der Waals surface area contributed by atoms with Crippen molar-refractivity contribution in [1.29, 1.82) is 0 Å². The van der Waals surface area contributed by atoms with Crippen molar-refractivity contribution in [3.63, 3.8) is 0 Å². The van der Waals surface area contributed by atoms with E-state index in [1.165, 1.54) is 11.8 Å². The van der Waals surface area contributed by atoms with Gasteiger partial charge in [-0.1, -0.05) is 18.2 Å². The second-order valence-corrected chi connectivity index (χ2v) is 6.27. The lowest BCUT2D eigenvalue weighted by atomic mass is 10.0. The number of anilines is 1. The molecule has 2 aromatic rings. The average Bonchev–Trinajstić information content (AvgIpc) is 2.59. The Morgan fingerprint density at radius 1 is 1.26 bits per heavy atom. The third kappa shape index (κ3) is 3.59. The van der Waals surface area contributed by atoms with Crippen LogP contribution in [0.25, 0.3) is 0 Å². The number of carbonyl (C=O) groups excluding carboxylic acids is 2. The third-order valence-corrected chi connectivity index (χ3v) is 4.21. The fraction of sp³-hybridized carbons (Fsp3) is 0.235. The first-order chi connectivity index (χ1) is 11.1. The van der Waals surface area contributed by atoms with Crippen molar-refractivity contribution in [3.8, 4) is 0 Å². The molecule has 0 aliphatic carbocycles. The van der Waals surface area contributed by atoms with Crippen LogP contribution < -0.4 is 10.2 Å². The zero-order chi connectivity index (χ0) is 16.2. The molecule has 0 saturated heterocycles. The van der Waals surface area contributed by atoms with Crippen LogP contribution >= 0.6 is 15.9 Å². The van der Waals surface area contributed by atoms with E-state index in [4.69, 9.17) is 0 Å². The molecule has 1 N–H and O–H groups in total. The Bertz CT molecular complexity index is 748. The van der Waals surface area contributed by atoms with Crippen molar-refractivity contribution in [2.24, 2.45) is 0 Å².